The molecule has 0 spiro atoms. The molecular weight excluding hydrogens is 349 g/mol. The first-order valence-corrected chi connectivity index (χ1v) is 6.86. The third kappa shape index (κ3) is 4.37. The molecule has 3 nitrogen and oxygen atoms in total. The van der Waals surface area contributed by atoms with Crippen molar-refractivity contribution >= 4 is 29.9 Å². The third-order valence-corrected chi connectivity index (χ3v) is 3.89. The Bertz CT molecular complexity index is 436. The highest BCUT2D eigenvalue weighted by Gasteiger charge is 2.42. The molecule has 19 heavy (non-hydrogen) atoms. The lowest BCUT2D eigenvalue weighted by Gasteiger charge is -2.13. The second-order valence-electron chi connectivity index (χ2n) is 5.78. The van der Waals surface area contributed by atoms with Crippen molar-refractivity contribution in [3.05, 3.63) is 35.9 Å². The van der Waals surface area contributed by atoms with E-state index in [1.807, 2.05) is 0 Å². The second-order valence-corrected chi connectivity index (χ2v) is 5.78. The molecular formula is C15H22IN3. The van der Waals surface area contributed by atoms with Crippen LogP contribution in [0.2, 0.25) is 0 Å². The van der Waals surface area contributed by atoms with Crippen LogP contribution in [0.4, 0.5) is 0 Å². The van der Waals surface area contributed by atoms with E-state index in [0.717, 1.165) is 13.0 Å². The van der Waals surface area contributed by atoms with Crippen LogP contribution >= 0.6 is 24.0 Å². The van der Waals surface area contributed by atoms with Crippen LogP contribution in [0.5, 0.6) is 0 Å². The van der Waals surface area contributed by atoms with E-state index in [4.69, 9.17) is 5.73 Å². The zero-order valence-electron chi connectivity index (χ0n) is 11.1. The SMILES string of the molecule is I.NC(=NCC1(Cc2ccccc2)CC1)NC1CC1. The summed E-state index contributed by atoms with van der Waals surface area (Å²) in [4.78, 5) is 4.52. The molecule has 1 aromatic carbocycles. The number of guanidine groups is 1. The maximum absolute atomic E-state index is 5.88. The number of hydrogen-bond donors (Lipinski definition) is 2. The molecule has 2 saturated carbocycles. The second kappa shape index (κ2) is 6.11. The van der Waals surface area contributed by atoms with Gasteiger partial charge in [-0.05, 0) is 43.1 Å². The lowest BCUT2D eigenvalue weighted by atomic mass is 9.97. The highest BCUT2D eigenvalue weighted by molar-refractivity contribution is 14.0. The molecule has 3 N–H and O–H groups in total. The summed E-state index contributed by atoms with van der Waals surface area (Å²) in [5.74, 6) is 0.636. The minimum absolute atomic E-state index is 0. The topological polar surface area (TPSA) is 50.4 Å². The summed E-state index contributed by atoms with van der Waals surface area (Å²) in [6.45, 7) is 0.868. The average molecular weight is 371 g/mol. The van der Waals surface area contributed by atoms with Gasteiger partial charge in [0.25, 0.3) is 0 Å². The van der Waals surface area contributed by atoms with E-state index in [1.165, 1.54) is 31.2 Å². The number of nitrogens with one attached hydrogen (secondary N) is 1. The quantitative estimate of drug-likeness (QED) is 0.475. The molecule has 0 bridgehead atoms. The van der Waals surface area contributed by atoms with Crippen LogP contribution in [0.15, 0.2) is 35.3 Å². The van der Waals surface area contributed by atoms with Crippen molar-refractivity contribution in [2.24, 2.45) is 16.1 Å². The monoisotopic (exact) mass is 371 g/mol. The maximum Gasteiger partial charge on any atom is 0.188 e. The first-order valence-electron chi connectivity index (χ1n) is 6.86. The van der Waals surface area contributed by atoms with Gasteiger partial charge >= 0.3 is 0 Å². The van der Waals surface area contributed by atoms with Crippen molar-refractivity contribution < 1.29 is 0 Å². The molecule has 0 heterocycles. The van der Waals surface area contributed by atoms with Crippen LogP contribution in [0.25, 0.3) is 0 Å². The molecule has 3 rings (SSSR count). The number of nitrogens with two attached hydrogens (primary N) is 1. The lowest BCUT2D eigenvalue weighted by molar-refractivity contribution is 0.521. The molecule has 4 heteroatoms. The van der Waals surface area contributed by atoms with Crippen LogP contribution in [0.3, 0.4) is 0 Å². The van der Waals surface area contributed by atoms with Gasteiger partial charge in [0.2, 0.25) is 0 Å². The minimum atomic E-state index is 0. The van der Waals surface area contributed by atoms with Crippen LogP contribution in [-0.4, -0.2) is 18.5 Å². The van der Waals surface area contributed by atoms with Crippen LogP contribution in [0, 0.1) is 5.41 Å². The van der Waals surface area contributed by atoms with Gasteiger partial charge in [-0.15, -0.1) is 24.0 Å². The fraction of sp³-hybridized carbons (Fsp3) is 0.533. The predicted molar refractivity (Wildman–Crippen MR) is 89.9 cm³/mol. The van der Waals surface area contributed by atoms with E-state index >= 15 is 0 Å². The first-order chi connectivity index (χ1) is 8.76. The van der Waals surface area contributed by atoms with Crippen LogP contribution < -0.4 is 11.1 Å². The fourth-order valence-corrected chi connectivity index (χ4v) is 2.33. The van der Waals surface area contributed by atoms with Crippen molar-refractivity contribution in [2.75, 3.05) is 6.54 Å². The van der Waals surface area contributed by atoms with Gasteiger partial charge in [0, 0.05) is 12.6 Å². The molecule has 0 aliphatic heterocycles. The van der Waals surface area contributed by atoms with E-state index < -0.39 is 0 Å². The van der Waals surface area contributed by atoms with Gasteiger partial charge in [0.1, 0.15) is 0 Å². The molecule has 0 amide bonds. The Morgan fingerprint density at radius 2 is 1.95 bits per heavy atom. The summed E-state index contributed by atoms with van der Waals surface area (Å²) in [5, 5.41) is 3.25. The highest BCUT2D eigenvalue weighted by Crippen LogP contribution is 2.48. The largest absolute Gasteiger partial charge is 0.370 e. The van der Waals surface area contributed by atoms with Crippen molar-refractivity contribution in [2.45, 2.75) is 38.1 Å². The average Bonchev–Trinajstić information content (AvgIpc) is 3.27. The molecule has 104 valence electrons. The van der Waals surface area contributed by atoms with Gasteiger partial charge < -0.3 is 11.1 Å². The van der Waals surface area contributed by atoms with Crippen molar-refractivity contribution in [1.29, 1.82) is 0 Å². The zero-order chi connectivity index (χ0) is 12.4. The Hall–Kier alpha value is -0.780. The Morgan fingerprint density at radius 1 is 1.26 bits per heavy atom. The molecule has 0 aromatic heterocycles. The van der Waals surface area contributed by atoms with Crippen molar-refractivity contribution in [3.63, 3.8) is 0 Å². The summed E-state index contributed by atoms with van der Waals surface area (Å²) in [7, 11) is 0. The van der Waals surface area contributed by atoms with E-state index in [2.05, 4.69) is 40.6 Å². The molecule has 2 aliphatic rings. The molecule has 2 fully saturated rings. The van der Waals surface area contributed by atoms with E-state index in [0.29, 0.717) is 17.4 Å². The van der Waals surface area contributed by atoms with Crippen LogP contribution in [-0.2, 0) is 6.42 Å². The summed E-state index contributed by atoms with van der Waals surface area (Å²) in [6.07, 6.45) is 6.18. The fourth-order valence-electron chi connectivity index (χ4n) is 2.33. The Kier molecular flexibility index (Phi) is 4.71. The number of halogens is 1. The Labute approximate surface area is 132 Å². The molecule has 0 unspecified atom stereocenters. The van der Waals surface area contributed by atoms with Gasteiger partial charge in [-0.25, -0.2) is 0 Å². The van der Waals surface area contributed by atoms with E-state index in [9.17, 15) is 0 Å². The minimum Gasteiger partial charge on any atom is -0.370 e. The number of hydrogen-bond acceptors (Lipinski definition) is 1. The lowest BCUT2D eigenvalue weighted by Crippen LogP contribution is -2.34. The molecule has 0 radical (unpaired) electrons. The summed E-state index contributed by atoms with van der Waals surface area (Å²) in [6, 6.07) is 11.3. The van der Waals surface area contributed by atoms with Gasteiger partial charge in [-0.3, -0.25) is 4.99 Å². The number of rotatable bonds is 5. The number of aliphatic imine (C=N–C) groups is 1. The van der Waals surface area contributed by atoms with Gasteiger partial charge in [0.15, 0.2) is 5.96 Å². The highest BCUT2D eigenvalue weighted by atomic mass is 127. The molecule has 1 aromatic rings. The summed E-state index contributed by atoms with van der Waals surface area (Å²) in [5.41, 5.74) is 7.68. The molecule has 2 aliphatic carbocycles. The van der Waals surface area contributed by atoms with Crippen molar-refractivity contribution in [3.8, 4) is 0 Å². The van der Waals surface area contributed by atoms with Gasteiger partial charge in [-0.1, -0.05) is 30.3 Å². The molecule has 0 saturated heterocycles. The Balaban J connectivity index is 0.00000133. The van der Waals surface area contributed by atoms with Crippen molar-refractivity contribution in [1.82, 2.24) is 5.32 Å². The zero-order valence-corrected chi connectivity index (χ0v) is 13.5. The van der Waals surface area contributed by atoms with E-state index in [1.54, 1.807) is 0 Å². The smallest absolute Gasteiger partial charge is 0.188 e. The maximum atomic E-state index is 5.88. The Morgan fingerprint density at radius 3 is 2.53 bits per heavy atom. The number of benzene rings is 1. The predicted octanol–water partition coefficient (Wildman–Crippen LogP) is 2.69. The summed E-state index contributed by atoms with van der Waals surface area (Å²) >= 11 is 0. The molecule has 0 atom stereocenters. The standard InChI is InChI=1S/C15H21N3.HI/c16-14(18-13-6-7-13)17-11-15(8-9-15)10-12-4-2-1-3-5-12;/h1-5,13H,6-11H2,(H3,16,17,18);1H. The summed E-state index contributed by atoms with van der Waals surface area (Å²) < 4.78 is 0. The van der Waals surface area contributed by atoms with Gasteiger partial charge in [-0.2, -0.15) is 0 Å². The third-order valence-electron chi connectivity index (χ3n) is 3.89. The number of nitrogens with zero attached hydrogens (tertiary/aromatic N) is 1. The van der Waals surface area contributed by atoms with Crippen LogP contribution in [0.1, 0.15) is 31.2 Å². The normalized spacial score (nSPS) is 20.5. The van der Waals surface area contributed by atoms with Gasteiger partial charge in [0.05, 0.1) is 0 Å². The van der Waals surface area contributed by atoms with E-state index in [-0.39, 0.29) is 24.0 Å². The first kappa shape index (κ1) is 14.6.